The topological polar surface area (TPSA) is 97.4 Å². The number of hydrogen-bond acceptors (Lipinski definition) is 8. The van der Waals surface area contributed by atoms with Crippen LogP contribution in [0.3, 0.4) is 0 Å². The molecule has 0 atom stereocenters. The van der Waals surface area contributed by atoms with Crippen LogP contribution in [0.25, 0.3) is 0 Å². The molecular weight excluding hydrogens is 495 g/mol. The molecule has 0 radical (unpaired) electrons. The lowest BCUT2D eigenvalue weighted by Crippen LogP contribution is -2.05. The Bertz CT molecular complexity index is 768. The zero-order chi connectivity index (χ0) is 27.0. The predicted octanol–water partition coefficient (Wildman–Crippen LogP) is 7.35. The molecule has 208 valence electrons. The number of phosphoric ester groups is 1. The first-order chi connectivity index (χ1) is 18.0. The van der Waals surface area contributed by atoms with E-state index in [1.54, 1.807) is 24.3 Å². The van der Waals surface area contributed by atoms with Crippen molar-refractivity contribution in [2.45, 2.75) is 77.0 Å². The van der Waals surface area contributed by atoms with E-state index >= 15 is 0 Å². The summed E-state index contributed by atoms with van der Waals surface area (Å²) in [5.41, 5.74) is 0. The van der Waals surface area contributed by atoms with E-state index in [4.69, 9.17) is 23.0 Å². The van der Waals surface area contributed by atoms with Gasteiger partial charge in [0, 0.05) is 12.2 Å². The van der Waals surface area contributed by atoms with E-state index in [2.05, 4.69) is 13.2 Å². The van der Waals surface area contributed by atoms with E-state index in [0.29, 0.717) is 19.0 Å². The minimum Gasteiger partial charge on any atom is -0.463 e. The number of hydrogen-bond donors (Lipinski definition) is 0. The van der Waals surface area contributed by atoms with E-state index in [1.165, 1.54) is 12.2 Å². The Morgan fingerprint density at radius 1 is 0.622 bits per heavy atom. The molecule has 8 nitrogen and oxygen atoms in total. The Balaban J connectivity index is 2.22. The van der Waals surface area contributed by atoms with Crippen LogP contribution in [-0.4, -0.2) is 38.4 Å². The van der Waals surface area contributed by atoms with E-state index in [1.807, 2.05) is 6.07 Å². The van der Waals surface area contributed by atoms with Gasteiger partial charge in [-0.15, -0.1) is 0 Å². The first kappa shape index (κ1) is 32.6. The molecule has 0 saturated carbocycles. The van der Waals surface area contributed by atoms with Gasteiger partial charge in [-0.3, -0.25) is 9.05 Å². The van der Waals surface area contributed by atoms with Gasteiger partial charge >= 0.3 is 19.8 Å². The largest absolute Gasteiger partial charge is 0.530 e. The van der Waals surface area contributed by atoms with Crippen molar-refractivity contribution >= 4 is 19.8 Å². The summed E-state index contributed by atoms with van der Waals surface area (Å²) in [6.45, 7) is 8.14. The zero-order valence-electron chi connectivity index (χ0n) is 22.0. The highest BCUT2D eigenvalue weighted by atomic mass is 31.2. The number of carbonyl (C=O) groups excluding carboxylic acids is 2. The molecular formula is C28H43O8P. The fourth-order valence-corrected chi connectivity index (χ4v) is 4.60. The maximum atomic E-state index is 13.2. The van der Waals surface area contributed by atoms with Crippen LogP contribution < -0.4 is 4.52 Å². The normalized spacial score (nSPS) is 11.0. The molecule has 0 aliphatic carbocycles. The van der Waals surface area contributed by atoms with Gasteiger partial charge in [-0.1, -0.05) is 82.7 Å². The lowest BCUT2D eigenvalue weighted by atomic mass is 10.1. The van der Waals surface area contributed by atoms with E-state index in [9.17, 15) is 14.2 Å². The lowest BCUT2D eigenvalue weighted by molar-refractivity contribution is -0.138. The van der Waals surface area contributed by atoms with Crippen LogP contribution in [0.1, 0.15) is 77.0 Å². The Morgan fingerprint density at radius 2 is 1.00 bits per heavy atom. The van der Waals surface area contributed by atoms with E-state index < -0.39 is 7.82 Å². The number of benzene rings is 1. The smallest absolute Gasteiger partial charge is 0.463 e. The maximum Gasteiger partial charge on any atom is 0.530 e. The van der Waals surface area contributed by atoms with Crippen molar-refractivity contribution in [1.82, 2.24) is 0 Å². The third-order valence-electron chi connectivity index (χ3n) is 5.36. The highest BCUT2D eigenvalue weighted by molar-refractivity contribution is 7.48. The lowest BCUT2D eigenvalue weighted by Gasteiger charge is -2.18. The van der Waals surface area contributed by atoms with Gasteiger partial charge in [0.05, 0.1) is 26.4 Å². The summed E-state index contributed by atoms with van der Waals surface area (Å²) in [7, 11) is -3.72. The first-order valence-electron chi connectivity index (χ1n) is 13.2. The third kappa shape index (κ3) is 18.5. The van der Waals surface area contributed by atoms with Crippen LogP contribution >= 0.6 is 7.82 Å². The summed E-state index contributed by atoms with van der Waals surface area (Å²) in [4.78, 5) is 22.0. The predicted molar refractivity (Wildman–Crippen MR) is 144 cm³/mol. The van der Waals surface area contributed by atoms with Gasteiger partial charge in [0.2, 0.25) is 0 Å². The summed E-state index contributed by atoms with van der Waals surface area (Å²) in [5.74, 6) is -0.329. The average molecular weight is 539 g/mol. The minimum atomic E-state index is -3.72. The summed E-state index contributed by atoms with van der Waals surface area (Å²) in [5, 5.41) is 0. The number of rotatable bonds is 24. The fourth-order valence-electron chi connectivity index (χ4n) is 3.34. The Morgan fingerprint density at radius 3 is 1.41 bits per heavy atom. The SMILES string of the molecule is C=CC(=O)OCCCCCCCCOP(=O)(OCCCCCCCCOC(=O)C=C)Oc1ccccc1. The van der Waals surface area contributed by atoms with Crippen LogP contribution in [-0.2, 0) is 32.7 Å². The van der Waals surface area contributed by atoms with Crippen LogP contribution in [0.2, 0.25) is 0 Å². The molecule has 0 spiro atoms. The standard InChI is InChI=1S/C28H43O8P/c1-3-27(29)32-22-16-9-5-7-11-18-24-34-37(31,36-26-20-14-13-15-21-26)35-25-19-12-8-6-10-17-23-33-28(30)4-2/h3-4,13-15,20-21H,1-2,5-12,16-19,22-25H2. The monoisotopic (exact) mass is 538 g/mol. The van der Waals surface area contributed by atoms with Crippen LogP contribution in [0.4, 0.5) is 0 Å². The van der Waals surface area contributed by atoms with Crippen molar-refractivity contribution in [2.24, 2.45) is 0 Å². The number of ether oxygens (including phenoxy) is 2. The molecule has 0 N–H and O–H groups in total. The molecule has 37 heavy (non-hydrogen) atoms. The molecule has 0 fully saturated rings. The van der Waals surface area contributed by atoms with Crippen molar-refractivity contribution in [2.75, 3.05) is 26.4 Å². The fraction of sp³-hybridized carbons (Fsp3) is 0.571. The van der Waals surface area contributed by atoms with Gasteiger partial charge in [-0.2, -0.15) is 0 Å². The highest BCUT2D eigenvalue weighted by Crippen LogP contribution is 2.49. The number of esters is 2. The molecule has 9 heteroatoms. The number of para-hydroxylation sites is 1. The van der Waals surface area contributed by atoms with Gasteiger partial charge < -0.3 is 14.0 Å². The van der Waals surface area contributed by atoms with Crippen molar-refractivity contribution in [1.29, 1.82) is 0 Å². The molecule has 0 aliphatic rings. The summed E-state index contributed by atoms with van der Waals surface area (Å²) in [6, 6.07) is 8.90. The third-order valence-corrected chi connectivity index (χ3v) is 6.79. The molecule has 0 aromatic heterocycles. The van der Waals surface area contributed by atoms with Crippen molar-refractivity contribution in [3.8, 4) is 5.75 Å². The van der Waals surface area contributed by atoms with Crippen LogP contribution in [0.15, 0.2) is 55.6 Å². The van der Waals surface area contributed by atoms with Crippen molar-refractivity contribution in [3.63, 3.8) is 0 Å². The highest BCUT2D eigenvalue weighted by Gasteiger charge is 2.28. The molecule has 0 saturated heterocycles. The van der Waals surface area contributed by atoms with Gasteiger partial charge in [-0.05, 0) is 37.8 Å². The minimum absolute atomic E-state index is 0.289. The van der Waals surface area contributed by atoms with Crippen molar-refractivity contribution in [3.05, 3.63) is 55.6 Å². The second-order valence-electron chi connectivity index (χ2n) is 8.50. The molecule has 1 aromatic rings. The molecule has 1 aromatic carbocycles. The van der Waals surface area contributed by atoms with E-state index in [-0.39, 0.29) is 25.2 Å². The molecule has 0 heterocycles. The maximum absolute atomic E-state index is 13.2. The summed E-state index contributed by atoms with van der Waals surface area (Å²) in [6.07, 6.45) is 13.4. The second-order valence-corrected chi connectivity index (χ2v) is 10.1. The quantitative estimate of drug-likeness (QED) is 0.0583. The second kappa shape index (κ2) is 21.7. The Kier molecular flexibility index (Phi) is 19.1. The Labute approximate surface area is 222 Å². The first-order valence-corrected chi connectivity index (χ1v) is 14.7. The van der Waals surface area contributed by atoms with Gasteiger partial charge in [-0.25, -0.2) is 14.2 Å². The van der Waals surface area contributed by atoms with Gasteiger partial charge in [0.1, 0.15) is 5.75 Å². The van der Waals surface area contributed by atoms with Crippen LogP contribution in [0, 0.1) is 0 Å². The summed E-state index contributed by atoms with van der Waals surface area (Å²) >= 11 is 0. The van der Waals surface area contributed by atoms with Crippen molar-refractivity contribution < 1.29 is 37.2 Å². The van der Waals surface area contributed by atoms with Crippen LogP contribution in [0.5, 0.6) is 5.75 Å². The Hall–Kier alpha value is -2.41. The molecule has 0 aliphatic heterocycles. The number of unbranched alkanes of at least 4 members (excludes halogenated alkanes) is 10. The number of carbonyl (C=O) groups is 2. The van der Waals surface area contributed by atoms with Gasteiger partial charge in [0.25, 0.3) is 0 Å². The molecule has 0 amide bonds. The van der Waals surface area contributed by atoms with Gasteiger partial charge in [0.15, 0.2) is 0 Å². The average Bonchev–Trinajstić information content (AvgIpc) is 2.91. The van der Waals surface area contributed by atoms with E-state index in [0.717, 1.165) is 77.0 Å². The number of phosphoric acid groups is 1. The molecule has 0 unspecified atom stereocenters. The molecule has 1 rings (SSSR count). The zero-order valence-corrected chi connectivity index (χ0v) is 22.9. The summed E-state index contributed by atoms with van der Waals surface area (Å²) < 4.78 is 39.9. The molecule has 0 bridgehead atoms.